The lowest BCUT2D eigenvalue weighted by atomic mass is 10.4. The third kappa shape index (κ3) is 5.41. The van der Waals surface area contributed by atoms with Crippen molar-refractivity contribution in [2.45, 2.75) is 13.8 Å². The van der Waals surface area contributed by atoms with Crippen LogP contribution in [0.15, 0.2) is 17.1 Å². The van der Waals surface area contributed by atoms with Crippen LogP contribution in [0.3, 0.4) is 0 Å². The van der Waals surface area contributed by atoms with Crippen LogP contribution in [0.25, 0.3) is 0 Å². The van der Waals surface area contributed by atoms with Crippen LogP contribution in [0.2, 0.25) is 0 Å². The molecule has 0 aliphatic rings. The number of allylic oxidation sites excluding steroid dienone is 1. The number of nitrogens with zero attached hydrogens (tertiary/aromatic N) is 1. The summed E-state index contributed by atoms with van der Waals surface area (Å²) in [6.45, 7) is 8.43. The Balaban J connectivity index is 3.26. The Morgan fingerprint density at radius 3 is 2.57 bits per heavy atom. The van der Waals surface area contributed by atoms with Crippen LogP contribution in [0, 0.1) is 0 Å². The molecule has 0 rings (SSSR count). The van der Waals surface area contributed by atoms with E-state index in [0.29, 0.717) is 0 Å². The fourth-order valence-corrected chi connectivity index (χ4v) is 0.247. The predicted octanol–water partition coefficient (Wildman–Crippen LogP) is 1.65. The SMILES string of the molecule is C=C(C)/C=N\CC. The van der Waals surface area contributed by atoms with Crippen molar-refractivity contribution in [1.29, 1.82) is 0 Å². The third-order valence-electron chi connectivity index (χ3n) is 0.494. The van der Waals surface area contributed by atoms with Crippen LogP contribution in [-0.2, 0) is 0 Å². The van der Waals surface area contributed by atoms with Gasteiger partial charge in [-0.1, -0.05) is 6.58 Å². The molecule has 0 saturated carbocycles. The van der Waals surface area contributed by atoms with Crippen molar-refractivity contribution in [3.8, 4) is 0 Å². The van der Waals surface area contributed by atoms with Crippen LogP contribution < -0.4 is 0 Å². The zero-order chi connectivity index (χ0) is 5.70. The summed E-state index contributed by atoms with van der Waals surface area (Å²) in [5.41, 5.74) is 1.02. The van der Waals surface area contributed by atoms with Crippen LogP contribution in [0.5, 0.6) is 0 Å². The van der Waals surface area contributed by atoms with Crippen LogP contribution in [-0.4, -0.2) is 12.8 Å². The maximum absolute atomic E-state index is 3.95. The lowest BCUT2D eigenvalue weighted by molar-refractivity contribution is 1.14. The topological polar surface area (TPSA) is 12.4 Å². The van der Waals surface area contributed by atoms with E-state index in [1.807, 2.05) is 13.8 Å². The molecule has 0 heterocycles. The maximum Gasteiger partial charge on any atom is 0.0361 e. The molecule has 40 valence electrons. The van der Waals surface area contributed by atoms with Gasteiger partial charge < -0.3 is 0 Å². The van der Waals surface area contributed by atoms with Crippen molar-refractivity contribution in [2.75, 3.05) is 6.54 Å². The summed E-state index contributed by atoms with van der Waals surface area (Å²) in [4.78, 5) is 3.95. The van der Waals surface area contributed by atoms with Crippen molar-refractivity contribution in [3.05, 3.63) is 12.2 Å². The fourth-order valence-electron chi connectivity index (χ4n) is 0.247. The van der Waals surface area contributed by atoms with Gasteiger partial charge in [0.2, 0.25) is 0 Å². The number of aliphatic imine (C=N–C) groups is 1. The van der Waals surface area contributed by atoms with Gasteiger partial charge in [0.1, 0.15) is 0 Å². The Bertz CT molecular complexity index is 82.2. The number of hydrogen-bond acceptors (Lipinski definition) is 1. The molecule has 0 aliphatic carbocycles. The summed E-state index contributed by atoms with van der Waals surface area (Å²) in [6, 6.07) is 0. The molecule has 0 aliphatic heterocycles. The van der Waals surface area contributed by atoms with Crippen molar-refractivity contribution in [2.24, 2.45) is 4.99 Å². The molecule has 1 nitrogen and oxygen atoms in total. The van der Waals surface area contributed by atoms with Gasteiger partial charge in [0.15, 0.2) is 0 Å². The Hall–Kier alpha value is -0.590. The van der Waals surface area contributed by atoms with Gasteiger partial charge in [-0.05, 0) is 19.4 Å². The minimum atomic E-state index is 0.854. The summed E-state index contributed by atoms with van der Waals surface area (Å²) in [7, 11) is 0. The largest absolute Gasteiger partial charge is 0.293 e. The molecule has 7 heavy (non-hydrogen) atoms. The van der Waals surface area contributed by atoms with Gasteiger partial charge in [0.25, 0.3) is 0 Å². The first-order valence-electron chi connectivity index (χ1n) is 2.42. The Morgan fingerprint density at radius 1 is 1.86 bits per heavy atom. The van der Waals surface area contributed by atoms with Gasteiger partial charge >= 0.3 is 0 Å². The van der Waals surface area contributed by atoms with Crippen LogP contribution >= 0.6 is 0 Å². The number of rotatable bonds is 2. The second kappa shape index (κ2) is 3.59. The summed E-state index contributed by atoms with van der Waals surface area (Å²) in [5, 5.41) is 0. The molecule has 0 N–H and O–H groups in total. The zero-order valence-corrected chi connectivity index (χ0v) is 4.94. The van der Waals surface area contributed by atoms with Crippen molar-refractivity contribution in [1.82, 2.24) is 0 Å². The highest BCUT2D eigenvalue weighted by Gasteiger charge is 1.68. The van der Waals surface area contributed by atoms with Gasteiger partial charge in [-0.2, -0.15) is 0 Å². The molecule has 0 unspecified atom stereocenters. The Labute approximate surface area is 44.8 Å². The van der Waals surface area contributed by atoms with E-state index in [-0.39, 0.29) is 0 Å². The van der Waals surface area contributed by atoms with E-state index in [9.17, 15) is 0 Å². The van der Waals surface area contributed by atoms with E-state index in [2.05, 4.69) is 11.6 Å². The second-order valence-electron chi connectivity index (χ2n) is 1.47. The van der Waals surface area contributed by atoms with Gasteiger partial charge in [-0.3, -0.25) is 4.99 Å². The van der Waals surface area contributed by atoms with Gasteiger partial charge in [-0.25, -0.2) is 0 Å². The fraction of sp³-hybridized carbons (Fsp3) is 0.500. The van der Waals surface area contributed by atoms with E-state index in [4.69, 9.17) is 0 Å². The standard InChI is InChI=1S/C6H11N/c1-4-7-5-6(2)3/h5H,2,4H2,1,3H3/b7-5-. The Kier molecular flexibility index (Phi) is 3.29. The highest BCUT2D eigenvalue weighted by atomic mass is 14.7. The first-order chi connectivity index (χ1) is 3.27. The maximum atomic E-state index is 3.95. The van der Waals surface area contributed by atoms with Gasteiger partial charge in [-0.15, -0.1) is 0 Å². The minimum Gasteiger partial charge on any atom is -0.293 e. The molecule has 0 atom stereocenters. The highest BCUT2D eigenvalue weighted by molar-refractivity contribution is 5.76. The summed E-state index contributed by atoms with van der Waals surface area (Å²) >= 11 is 0. The van der Waals surface area contributed by atoms with E-state index in [1.165, 1.54) is 0 Å². The quantitative estimate of drug-likeness (QED) is 0.464. The van der Waals surface area contributed by atoms with Crippen molar-refractivity contribution in [3.63, 3.8) is 0 Å². The molecule has 0 aromatic carbocycles. The third-order valence-corrected chi connectivity index (χ3v) is 0.494. The molecule has 1 heteroatoms. The van der Waals surface area contributed by atoms with Crippen LogP contribution in [0.1, 0.15) is 13.8 Å². The normalized spacial score (nSPS) is 10.0. The van der Waals surface area contributed by atoms with E-state index in [0.717, 1.165) is 12.1 Å². The zero-order valence-electron chi connectivity index (χ0n) is 4.94. The molecule has 0 fully saturated rings. The van der Waals surface area contributed by atoms with Crippen LogP contribution in [0.4, 0.5) is 0 Å². The molecular formula is C6H11N. The average molecular weight is 97.2 g/mol. The van der Waals surface area contributed by atoms with Gasteiger partial charge in [0, 0.05) is 12.8 Å². The smallest absolute Gasteiger partial charge is 0.0361 e. The van der Waals surface area contributed by atoms with E-state index < -0.39 is 0 Å². The van der Waals surface area contributed by atoms with E-state index in [1.54, 1.807) is 6.21 Å². The molecule has 0 bridgehead atoms. The van der Waals surface area contributed by atoms with Crippen molar-refractivity contribution < 1.29 is 0 Å². The van der Waals surface area contributed by atoms with Crippen molar-refractivity contribution >= 4 is 6.21 Å². The molecule has 0 spiro atoms. The lowest BCUT2D eigenvalue weighted by Gasteiger charge is -1.80. The second-order valence-corrected chi connectivity index (χ2v) is 1.47. The monoisotopic (exact) mass is 97.1 g/mol. The summed E-state index contributed by atoms with van der Waals surface area (Å²) < 4.78 is 0. The van der Waals surface area contributed by atoms with Gasteiger partial charge in [0.05, 0.1) is 0 Å². The molecule has 0 saturated heterocycles. The van der Waals surface area contributed by atoms with E-state index >= 15 is 0 Å². The first-order valence-corrected chi connectivity index (χ1v) is 2.42. The molecule has 0 amide bonds. The summed E-state index contributed by atoms with van der Waals surface area (Å²) in [6.07, 6.45) is 1.78. The molecule has 0 radical (unpaired) electrons. The highest BCUT2D eigenvalue weighted by Crippen LogP contribution is 1.77. The predicted molar refractivity (Wildman–Crippen MR) is 33.8 cm³/mol. The molecule has 0 aromatic rings. The molecule has 0 aromatic heterocycles. The summed E-state index contributed by atoms with van der Waals surface area (Å²) in [5.74, 6) is 0. The number of hydrogen-bond donors (Lipinski definition) is 0. The first kappa shape index (κ1) is 6.41. The minimum absolute atomic E-state index is 0.854. The Morgan fingerprint density at radius 2 is 2.43 bits per heavy atom. The molecular weight excluding hydrogens is 86.1 g/mol. The average Bonchev–Trinajstić information content (AvgIpc) is 1.61. The lowest BCUT2D eigenvalue weighted by Crippen LogP contribution is -1.73.